The molecule has 3 fully saturated rings. The summed E-state index contributed by atoms with van der Waals surface area (Å²) in [6.45, 7) is 3.44. The smallest absolute Gasteiger partial charge is 0.381 e. The molecule has 0 atom stereocenters. The molecule has 0 radical (unpaired) electrons. The number of aromatic nitrogens is 3. The number of nitrogens with zero attached hydrogens (tertiary/aromatic N) is 4. The molecule has 1 saturated carbocycles. The summed E-state index contributed by atoms with van der Waals surface area (Å²) in [5, 5.41) is 9.60. The first-order valence-corrected chi connectivity index (χ1v) is 11.8. The number of imidazole rings is 1. The third-order valence-corrected chi connectivity index (χ3v) is 7.30. The third kappa shape index (κ3) is 4.08. The summed E-state index contributed by atoms with van der Waals surface area (Å²) < 4.78 is 47.6. The summed E-state index contributed by atoms with van der Waals surface area (Å²) in [5.41, 5.74) is 0.597. The van der Waals surface area contributed by atoms with Crippen LogP contribution in [0.2, 0.25) is 0 Å². The van der Waals surface area contributed by atoms with E-state index in [1.54, 1.807) is 15.6 Å². The Kier molecular flexibility index (Phi) is 5.25. The second kappa shape index (κ2) is 8.26. The molecule has 3 aliphatic rings. The van der Waals surface area contributed by atoms with Crippen molar-refractivity contribution in [3.05, 3.63) is 54.0 Å². The number of amides is 3. The molecule has 4 heterocycles. The Bertz CT molecular complexity index is 1310. The first-order valence-electron chi connectivity index (χ1n) is 11.8. The van der Waals surface area contributed by atoms with E-state index < -0.39 is 17.8 Å². The molecule has 2 saturated heterocycles. The Morgan fingerprint density at radius 2 is 1.94 bits per heavy atom. The van der Waals surface area contributed by atoms with Crippen molar-refractivity contribution in [1.82, 2.24) is 24.4 Å². The van der Waals surface area contributed by atoms with Crippen LogP contribution in [0.15, 0.2) is 42.9 Å². The number of alkyl halides is 3. The number of rotatable bonds is 5. The fourth-order valence-corrected chi connectivity index (χ4v) is 5.48. The topological polar surface area (TPSA) is 92.9 Å². The van der Waals surface area contributed by atoms with Gasteiger partial charge >= 0.3 is 12.2 Å². The average molecular weight is 502 g/mol. The SMILES string of the molecule is O=C(Nc1cccc(C(F)(F)F)c1)NC1CC2(C1)CN(C(=O)c1cnn3ccn(CC4COC4)c13)C2. The first kappa shape index (κ1) is 22.9. The second-order valence-electron chi connectivity index (χ2n) is 10.1. The van der Waals surface area contributed by atoms with Gasteiger partial charge < -0.3 is 24.8 Å². The van der Waals surface area contributed by atoms with Gasteiger partial charge in [0.2, 0.25) is 0 Å². The molecular formula is C24H25F3N6O3. The lowest BCUT2D eigenvalue weighted by atomic mass is 9.60. The van der Waals surface area contributed by atoms with Crippen LogP contribution >= 0.6 is 0 Å². The maximum Gasteiger partial charge on any atom is 0.416 e. The first-order chi connectivity index (χ1) is 17.2. The second-order valence-corrected chi connectivity index (χ2v) is 10.1. The van der Waals surface area contributed by atoms with E-state index in [1.165, 1.54) is 12.1 Å². The van der Waals surface area contributed by atoms with Gasteiger partial charge in [-0.1, -0.05) is 6.07 Å². The van der Waals surface area contributed by atoms with Gasteiger partial charge in [0.25, 0.3) is 5.91 Å². The van der Waals surface area contributed by atoms with Gasteiger partial charge in [-0.2, -0.15) is 18.3 Å². The number of ether oxygens (including phenoxy) is 1. The number of benzene rings is 1. The molecule has 12 heteroatoms. The number of carbonyl (C=O) groups excluding carboxylic acids is 2. The number of carbonyl (C=O) groups is 2. The van der Waals surface area contributed by atoms with Crippen LogP contribution in [0, 0.1) is 11.3 Å². The molecule has 2 aliphatic heterocycles. The normalized spacial score (nSPS) is 19.6. The minimum atomic E-state index is -4.47. The number of fused-ring (bicyclic) bond motifs is 1. The van der Waals surface area contributed by atoms with Crippen molar-refractivity contribution in [3.8, 4) is 0 Å². The van der Waals surface area contributed by atoms with Crippen molar-refractivity contribution in [2.24, 2.45) is 11.3 Å². The maximum absolute atomic E-state index is 13.2. The van der Waals surface area contributed by atoms with Gasteiger partial charge in [-0.3, -0.25) is 4.79 Å². The Morgan fingerprint density at radius 3 is 2.64 bits per heavy atom. The van der Waals surface area contributed by atoms with Gasteiger partial charge in [-0.05, 0) is 31.0 Å². The molecule has 9 nitrogen and oxygen atoms in total. The summed E-state index contributed by atoms with van der Waals surface area (Å²) >= 11 is 0. The number of urea groups is 1. The minimum absolute atomic E-state index is 0.0264. The fourth-order valence-electron chi connectivity index (χ4n) is 5.48. The van der Waals surface area contributed by atoms with E-state index in [9.17, 15) is 22.8 Å². The number of anilines is 1. The van der Waals surface area contributed by atoms with Crippen molar-refractivity contribution >= 4 is 23.3 Å². The van der Waals surface area contributed by atoms with Crippen LogP contribution < -0.4 is 10.6 Å². The molecular weight excluding hydrogens is 477 g/mol. The zero-order chi connectivity index (χ0) is 25.1. The van der Waals surface area contributed by atoms with E-state index in [0.717, 1.165) is 37.5 Å². The number of hydrogen-bond acceptors (Lipinski definition) is 4. The van der Waals surface area contributed by atoms with E-state index in [0.29, 0.717) is 37.4 Å². The van der Waals surface area contributed by atoms with Crippen molar-refractivity contribution in [2.75, 3.05) is 31.6 Å². The van der Waals surface area contributed by atoms with E-state index in [2.05, 4.69) is 20.3 Å². The summed E-state index contributed by atoms with van der Waals surface area (Å²) in [6, 6.07) is 3.90. The Labute approximate surface area is 204 Å². The number of nitrogens with one attached hydrogen (secondary N) is 2. The molecule has 3 amide bonds. The van der Waals surface area contributed by atoms with Crippen molar-refractivity contribution in [1.29, 1.82) is 0 Å². The number of likely N-dealkylation sites (tertiary alicyclic amines) is 1. The summed E-state index contributed by atoms with van der Waals surface area (Å²) in [6.07, 6.45) is 2.35. The molecule has 1 spiro atoms. The average Bonchev–Trinajstić information content (AvgIpc) is 3.33. The highest BCUT2D eigenvalue weighted by Crippen LogP contribution is 2.48. The van der Waals surface area contributed by atoms with Crippen LogP contribution in [0.5, 0.6) is 0 Å². The zero-order valence-electron chi connectivity index (χ0n) is 19.3. The van der Waals surface area contributed by atoms with Gasteiger partial charge in [0.1, 0.15) is 11.2 Å². The highest BCUT2D eigenvalue weighted by atomic mass is 19.4. The molecule has 0 unspecified atom stereocenters. The van der Waals surface area contributed by atoms with Crippen LogP contribution in [-0.4, -0.2) is 63.4 Å². The standard InChI is InChI=1S/C24H25F3N6O3/c25-24(26,27)16-2-1-3-17(6-16)29-22(35)30-18-7-23(8-18)13-32(14-23)21(34)19-9-28-33-5-4-31(20(19)33)10-15-11-36-12-15/h1-6,9,15,18H,7-8,10-14H2,(H2,29,30,35). The van der Waals surface area contributed by atoms with E-state index in [4.69, 9.17) is 4.74 Å². The molecule has 190 valence electrons. The van der Waals surface area contributed by atoms with Crippen LogP contribution in [-0.2, 0) is 17.5 Å². The van der Waals surface area contributed by atoms with Crippen LogP contribution in [0.25, 0.3) is 5.65 Å². The largest absolute Gasteiger partial charge is 0.416 e. The predicted octanol–water partition coefficient (Wildman–Crippen LogP) is 3.23. The summed E-state index contributed by atoms with van der Waals surface area (Å²) in [4.78, 5) is 27.3. The van der Waals surface area contributed by atoms with Crippen molar-refractivity contribution in [3.63, 3.8) is 0 Å². The molecule has 1 aliphatic carbocycles. The number of hydrogen-bond donors (Lipinski definition) is 2. The van der Waals surface area contributed by atoms with Crippen molar-refractivity contribution in [2.45, 2.75) is 31.6 Å². The third-order valence-electron chi connectivity index (χ3n) is 7.30. The Hall–Kier alpha value is -3.54. The van der Waals surface area contributed by atoms with E-state index >= 15 is 0 Å². The Balaban J connectivity index is 1.01. The quantitative estimate of drug-likeness (QED) is 0.561. The lowest BCUT2D eigenvalue weighted by Gasteiger charge is -2.58. The highest BCUT2D eigenvalue weighted by molar-refractivity contribution is 6.00. The monoisotopic (exact) mass is 502 g/mol. The highest BCUT2D eigenvalue weighted by Gasteiger charge is 2.54. The van der Waals surface area contributed by atoms with E-state index in [1.807, 2.05) is 12.4 Å². The maximum atomic E-state index is 13.2. The Morgan fingerprint density at radius 1 is 1.17 bits per heavy atom. The van der Waals surface area contributed by atoms with Gasteiger partial charge in [-0.15, -0.1) is 0 Å². The van der Waals surface area contributed by atoms with Crippen LogP contribution in [0.3, 0.4) is 0 Å². The molecule has 3 aromatic rings. The zero-order valence-corrected chi connectivity index (χ0v) is 19.3. The van der Waals surface area contributed by atoms with Gasteiger partial charge in [0.15, 0.2) is 0 Å². The molecule has 1 aromatic carbocycles. The van der Waals surface area contributed by atoms with E-state index in [-0.39, 0.29) is 23.1 Å². The van der Waals surface area contributed by atoms with Crippen molar-refractivity contribution < 1.29 is 27.5 Å². The predicted molar refractivity (Wildman–Crippen MR) is 122 cm³/mol. The summed E-state index contributed by atoms with van der Waals surface area (Å²) in [7, 11) is 0. The minimum Gasteiger partial charge on any atom is -0.381 e. The van der Waals surface area contributed by atoms with Crippen LogP contribution in [0.4, 0.5) is 23.7 Å². The van der Waals surface area contributed by atoms with Crippen LogP contribution in [0.1, 0.15) is 28.8 Å². The summed E-state index contributed by atoms with van der Waals surface area (Å²) in [5.74, 6) is 0.385. The molecule has 0 bridgehead atoms. The molecule has 2 N–H and O–H groups in total. The molecule has 6 rings (SSSR count). The van der Waals surface area contributed by atoms with Gasteiger partial charge in [0.05, 0.1) is 25.0 Å². The lowest BCUT2D eigenvalue weighted by molar-refractivity contribution is -0.137. The van der Waals surface area contributed by atoms with Gasteiger partial charge in [0, 0.05) is 55.1 Å². The number of halogens is 3. The fraction of sp³-hybridized carbons (Fsp3) is 0.458. The van der Waals surface area contributed by atoms with Gasteiger partial charge in [-0.25, -0.2) is 9.31 Å². The lowest BCUT2D eigenvalue weighted by Crippen LogP contribution is -2.67. The molecule has 36 heavy (non-hydrogen) atoms. The molecule has 2 aromatic heterocycles.